The van der Waals surface area contributed by atoms with Crippen LogP contribution >= 0.6 is 0 Å². The van der Waals surface area contributed by atoms with Crippen molar-refractivity contribution in [2.75, 3.05) is 6.26 Å². The number of rotatable bonds is 0. The smallest absolute Gasteiger partial charge is 0.261 e. The maximum absolute atomic E-state index is 9.19. The standard InChI is InChI=1S/C7H8.CH4O3S/c1-7-5-3-2-4-6-7;1-5(2,3)4/h2-6H,1H3;1H3,(H,2,3,4). The van der Waals surface area contributed by atoms with E-state index in [1.54, 1.807) is 0 Å². The fourth-order valence-electron chi connectivity index (χ4n) is 0.534. The quantitative estimate of drug-likeness (QED) is 0.628. The lowest BCUT2D eigenvalue weighted by atomic mass is 10.2. The van der Waals surface area contributed by atoms with Gasteiger partial charge in [-0.3, -0.25) is 4.55 Å². The lowest BCUT2D eigenvalue weighted by Gasteiger charge is -1.82. The zero-order valence-electron chi connectivity index (χ0n) is 7.06. The van der Waals surface area contributed by atoms with Gasteiger partial charge in [0, 0.05) is 0 Å². The molecule has 1 N–H and O–H groups in total. The molecule has 68 valence electrons. The fraction of sp³-hybridized carbons (Fsp3) is 0.250. The predicted octanol–water partition coefficient (Wildman–Crippen LogP) is 1.50. The summed E-state index contributed by atoms with van der Waals surface area (Å²) in [5.41, 5.74) is 1.32. The summed E-state index contributed by atoms with van der Waals surface area (Å²) in [5, 5.41) is 0. The summed E-state index contributed by atoms with van der Waals surface area (Å²) >= 11 is 0. The van der Waals surface area contributed by atoms with Crippen molar-refractivity contribution in [1.29, 1.82) is 0 Å². The van der Waals surface area contributed by atoms with Gasteiger partial charge in [0.1, 0.15) is 0 Å². The SMILES string of the molecule is CS(=O)(=O)O.Cc1ccccc1. The van der Waals surface area contributed by atoms with Gasteiger partial charge >= 0.3 is 0 Å². The highest BCUT2D eigenvalue weighted by Gasteiger charge is 1.81. The minimum atomic E-state index is -3.67. The van der Waals surface area contributed by atoms with E-state index in [2.05, 4.69) is 19.1 Å². The van der Waals surface area contributed by atoms with Crippen molar-refractivity contribution in [3.8, 4) is 0 Å². The van der Waals surface area contributed by atoms with E-state index >= 15 is 0 Å². The minimum Gasteiger partial charge on any atom is -0.286 e. The summed E-state index contributed by atoms with van der Waals surface area (Å²) in [6.07, 6.45) is 0.715. The van der Waals surface area contributed by atoms with Crippen LogP contribution in [0.1, 0.15) is 5.56 Å². The van der Waals surface area contributed by atoms with E-state index < -0.39 is 10.1 Å². The molecule has 0 bridgehead atoms. The third kappa shape index (κ3) is 11.9. The molecule has 0 unspecified atom stereocenters. The van der Waals surface area contributed by atoms with Crippen molar-refractivity contribution in [3.63, 3.8) is 0 Å². The van der Waals surface area contributed by atoms with Crippen molar-refractivity contribution in [3.05, 3.63) is 35.9 Å². The second-order valence-electron chi connectivity index (χ2n) is 2.39. The molecule has 0 radical (unpaired) electrons. The molecule has 1 aromatic rings. The Morgan fingerprint density at radius 1 is 1.17 bits per heavy atom. The van der Waals surface area contributed by atoms with Gasteiger partial charge in [-0.15, -0.1) is 0 Å². The molecular formula is C8H12O3S. The first-order chi connectivity index (χ1) is 5.39. The monoisotopic (exact) mass is 188 g/mol. The van der Waals surface area contributed by atoms with E-state index in [9.17, 15) is 8.42 Å². The van der Waals surface area contributed by atoms with E-state index in [-0.39, 0.29) is 0 Å². The van der Waals surface area contributed by atoms with Gasteiger partial charge in [0.15, 0.2) is 0 Å². The average molecular weight is 188 g/mol. The Bertz CT molecular complexity index is 294. The van der Waals surface area contributed by atoms with Gasteiger partial charge in [-0.2, -0.15) is 8.42 Å². The first kappa shape index (κ1) is 11.1. The molecule has 0 saturated carbocycles. The Hall–Kier alpha value is -0.870. The zero-order valence-corrected chi connectivity index (χ0v) is 7.88. The van der Waals surface area contributed by atoms with Gasteiger partial charge in [0.25, 0.3) is 10.1 Å². The first-order valence-corrected chi connectivity index (χ1v) is 5.18. The summed E-state index contributed by atoms with van der Waals surface area (Å²) in [4.78, 5) is 0. The number of hydrogen-bond acceptors (Lipinski definition) is 2. The second kappa shape index (κ2) is 4.90. The highest BCUT2D eigenvalue weighted by Crippen LogP contribution is 1.92. The van der Waals surface area contributed by atoms with Crippen LogP contribution in [0, 0.1) is 6.92 Å². The van der Waals surface area contributed by atoms with E-state index in [1.165, 1.54) is 5.56 Å². The molecule has 1 aromatic carbocycles. The summed E-state index contributed by atoms with van der Waals surface area (Å²) in [6, 6.07) is 10.3. The fourth-order valence-corrected chi connectivity index (χ4v) is 0.534. The molecule has 0 aromatic heterocycles. The Balaban J connectivity index is 0.000000217. The molecule has 12 heavy (non-hydrogen) atoms. The van der Waals surface area contributed by atoms with Gasteiger partial charge in [-0.25, -0.2) is 0 Å². The number of aryl methyl sites for hydroxylation is 1. The van der Waals surface area contributed by atoms with E-state index in [0.717, 1.165) is 0 Å². The number of hydrogen-bond donors (Lipinski definition) is 1. The lowest BCUT2D eigenvalue weighted by Crippen LogP contribution is -1.88. The zero-order chi connectivity index (χ0) is 9.61. The van der Waals surface area contributed by atoms with Crippen LogP contribution in [0.15, 0.2) is 30.3 Å². The Morgan fingerprint density at radius 3 is 1.67 bits per heavy atom. The minimum absolute atomic E-state index is 0.715. The van der Waals surface area contributed by atoms with Crippen LogP contribution in [0.5, 0.6) is 0 Å². The molecule has 0 atom stereocenters. The van der Waals surface area contributed by atoms with Gasteiger partial charge < -0.3 is 0 Å². The Kier molecular flexibility index (Phi) is 4.54. The normalized spacial score (nSPS) is 9.92. The van der Waals surface area contributed by atoms with Gasteiger partial charge in [0.2, 0.25) is 0 Å². The molecule has 0 amide bonds. The van der Waals surface area contributed by atoms with Crippen molar-refractivity contribution in [1.82, 2.24) is 0 Å². The van der Waals surface area contributed by atoms with E-state index in [0.29, 0.717) is 6.26 Å². The van der Waals surface area contributed by atoms with Crippen LogP contribution in [-0.4, -0.2) is 19.2 Å². The van der Waals surface area contributed by atoms with Gasteiger partial charge in [-0.05, 0) is 6.92 Å². The van der Waals surface area contributed by atoms with Gasteiger partial charge in [0.05, 0.1) is 6.26 Å². The van der Waals surface area contributed by atoms with Crippen LogP contribution in [0.2, 0.25) is 0 Å². The molecule has 0 aliphatic carbocycles. The Morgan fingerprint density at radius 2 is 1.50 bits per heavy atom. The largest absolute Gasteiger partial charge is 0.286 e. The van der Waals surface area contributed by atoms with Gasteiger partial charge in [-0.1, -0.05) is 35.9 Å². The highest BCUT2D eigenvalue weighted by atomic mass is 32.2. The number of benzene rings is 1. The summed E-state index contributed by atoms with van der Waals surface area (Å²) in [6.45, 7) is 2.08. The van der Waals surface area contributed by atoms with E-state index in [4.69, 9.17) is 4.55 Å². The molecule has 0 aliphatic rings. The van der Waals surface area contributed by atoms with E-state index in [1.807, 2.05) is 18.2 Å². The Labute approximate surface area is 72.8 Å². The van der Waals surface area contributed by atoms with Crippen LogP contribution in [0.25, 0.3) is 0 Å². The summed E-state index contributed by atoms with van der Waals surface area (Å²) in [5.74, 6) is 0. The second-order valence-corrected chi connectivity index (χ2v) is 3.85. The van der Waals surface area contributed by atoms with Crippen molar-refractivity contribution < 1.29 is 13.0 Å². The summed E-state index contributed by atoms with van der Waals surface area (Å²) in [7, 11) is -3.67. The van der Waals surface area contributed by atoms with Crippen LogP contribution in [-0.2, 0) is 10.1 Å². The van der Waals surface area contributed by atoms with Crippen molar-refractivity contribution >= 4 is 10.1 Å². The molecular weight excluding hydrogens is 176 g/mol. The molecule has 0 aliphatic heterocycles. The molecule has 0 heterocycles. The topological polar surface area (TPSA) is 54.4 Å². The highest BCUT2D eigenvalue weighted by molar-refractivity contribution is 7.85. The third-order valence-corrected chi connectivity index (χ3v) is 0.940. The molecule has 0 saturated heterocycles. The van der Waals surface area contributed by atoms with Crippen LogP contribution in [0.3, 0.4) is 0 Å². The third-order valence-electron chi connectivity index (χ3n) is 0.940. The van der Waals surface area contributed by atoms with Crippen LogP contribution in [0.4, 0.5) is 0 Å². The summed E-state index contributed by atoms with van der Waals surface area (Å²) < 4.78 is 25.9. The van der Waals surface area contributed by atoms with Crippen LogP contribution < -0.4 is 0 Å². The molecule has 0 spiro atoms. The first-order valence-electron chi connectivity index (χ1n) is 3.33. The molecule has 1 rings (SSSR count). The van der Waals surface area contributed by atoms with Crippen molar-refractivity contribution in [2.45, 2.75) is 6.92 Å². The maximum Gasteiger partial charge on any atom is 0.261 e. The predicted molar refractivity (Wildman–Crippen MR) is 48.7 cm³/mol. The lowest BCUT2D eigenvalue weighted by molar-refractivity contribution is 0.490. The molecule has 0 fully saturated rings. The molecule has 4 heteroatoms. The maximum atomic E-state index is 9.19. The van der Waals surface area contributed by atoms with Crippen molar-refractivity contribution in [2.24, 2.45) is 0 Å². The average Bonchev–Trinajstić information content (AvgIpc) is 1.85. The molecule has 3 nitrogen and oxygen atoms in total.